The molecule has 0 spiro atoms. The lowest BCUT2D eigenvalue weighted by Gasteiger charge is -2.12. The summed E-state index contributed by atoms with van der Waals surface area (Å²) >= 11 is 8.13. The Morgan fingerprint density at radius 1 is 1.43 bits per heavy atom. The van der Waals surface area contributed by atoms with Gasteiger partial charge >= 0.3 is 7.60 Å². The summed E-state index contributed by atoms with van der Waals surface area (Å²) in [6.07, 6.45) is 0. The van der Waals surface area contributed by atoms with E-state index >= 15 is 0 Å². The molecule has 0 saturated carbocycles. The molecule has 0 aliphatic carbocycles. The van der Waals surface area contributed by atoms with Gasteiger partial charge in [0.25, 0.3) is 4.79 Å². The third-order valence-electron chi connectivity index (χ3n) is 0.832. The normalized spacial score (nSPS) is 9.86. The van der Waals surface area contributed by atoms with Crippen LogP contribution in [0.4, 0.5) is 0 Å². The molecule has 0 atom stereocenters. The molecule has 0 heterocycles. The zero-order valence-corrected chi connectivity index (χ0v) is 10.4. The smallest absolute Gasteiger partial charge is 0.407 e. The van der Waals surface area contributed by atoms with Gasteiger partial charge in [-0.05, 0) is 38.3 Å². The van der Waals surface area contributed by atoms with Crippen LogP contribution in [0.15, 0.2) is 0 Å². The van der Waals surface area contributed by atoms with Crippen LogP contribution in [0, 0.1) is 0 Å². The fourth-order valence-electron chi connectivity index (χ4n) is 0.488. The number of hydrogen-bond acceptors (Lipinski definition) is 5. The van der Waals surface area contributed by atoms with Crippen molar-refractivity contribution >= 4 is 42.4 Å². The highest BCUT2D eigenvalue weighted by atomic mass is 32.1. The molecular formula is C6H13O5PS2. The zero-order chi connectivity index (χ0) is 11.6. The van der Waals surface area contributed by atoms with E-state index in [-0.39, 0.29) is 13.2 Å². The number of aliphatic hydroxyl groups is 2. The molecular weight excluding hydrogens is 247 g/mol. The molecule has 14 heavy (non-hydrogen) atoms. The lowest BCUT2D eigenvalue weighted by Crippen LogP contribution is -2.03. The van der Waals surface area contributed by atoms with Crippen molar-refractivity contribution in [2.45, 2.75) is 13.8 Å². The molecule has 0 aromatic heterocycles. The second kappa shape index (κ2) is 9.48. The van der Waals surface area contributed by atoms with Gasteiger partial charge < -0.3 is 19.3 Å². The molecule has 84 valence electrons. The van der Waals surface area contributed by atoms with Gasteiger partial charge in [-0.25, -0.2) is 0 Å². The Kier molecular flexibility index (Phi) is 11.1. The average molecular weight is 260 g/mol. The number of hydrogen-bond donors (Lipinski definition) is 2. The number of aliphatic hydroxyl groups excluding tert-OH is 2. The molecule has 0 rings (SSSR count). The first-order chi connectivity index (χ1) is 6.48. The zero-order valence-electron chi connectivity index (χ0n) is 7.87. The van der Waals surface area contributed by atoms with Crippen molar-refractivity contribution in [3.8, 4) is 0 Å². The molecule has 0 aliphatic rings. The number of rotatable bonds is 5. The monoisotopic (exact) mass is 260 g/mol. The van der Waals surface area contributed by atoms with Crippen LogP contribution in [-0.2, 0) is 13.6 Å². The maximum Gasteiger partial charge on any atom is 0.407 e. The Hall–Kier alpha value is -0.0700. The van der Waals surface area contributed by atoms with Crippen LogP contribution in [0.1, 0.15) is 13.8 Å². The van der Waals surface area contributed by atoms with Crippen molar-refractivity contribution in [3.63, 3.8) is 0 Å². The quantitative estimate of drug-likeness (QED) is 0.581. The van der Waals surface area contributed by atoms with Crippen LogP contribution >= 0.6 is 32.0 Å². The van der Waals surface area contributed by atoms with E-state index in [0.717, 1.165) is 0 Å². The standard InChI is InChI=1S/C5H11O4PS.CH2OS/c1-3-8-10(7,5(6)11)9-4-2;2-1-3/h3-4H2,1-2H3,(H,6,11);1H,(H,2,3). The van der Waals surface area contributed by atoms with Gasteiger partial charge in [0.2, 0.25) is 0 Å². The van der Waals surface area contributed by atoms with E-state index in [2.05, 4.69) is 33.5 Å². The summed E-state index contributed by atoms with van der Waals surface area (Å²) in [7, 11) is -3.50. The van der Waals surface area contributed by atoms with Crippen LogP contribution in [-0.4, -0.2) is 33.8 Å². The molecule has 0 aromatic carbocycles. The second-order valence-electron chi connectivity index (χ2n) is 1.72. The summed E-state index contributed by atoms with van der Waals surface area (Å²) in [5, 5.41) is 16.0. The van der Waals surface area contributed by atoms with Crippen molar-refractivity contribution in [1.82, 2.24) is 0 Å². The Labute approximate surface area is 93.6 Å². The molecule has 0 unspecified atom stereocenters. The summed E-state index contributed by atoms with van der Waals surface area (Å²) in [6.45, 7) is 3.67. The third-order valence-corrected chi connectivity index (χ3v) is 3.17. The molecule has 0 amide bonds. The summed E-state index contributed by atoms with van der Waals surface area (Å²) < 4.78 is 20.6. The van der Waals surface area contributed by atoms with E-state index in [1.54, 1.807) is 13.8 Å². The lowest BCUT2D eigenvalue weighted by molar-refractivity contribution is 0.228. The van der Waals surface area contributed by atoms with E-state index in [9.17, 15) is 4.57 Å². The molecule has 5 nitrogen and oxygen atoms in total. The van der Waals surface area contributed by atoms with E-state index in [4.69, 9.17) is 10.2 Å². The minimum absolute atomic E-state index is 0.192. The number of thiocarbonyl (C=S) groups is 2. The molecule has 0 aromatic rings. The van der Waals surface area contributed by atoms with Gasteiger partial charge in [0.1, 0.15) is 5.55 Å². The van der Waals surface area contributed by atoms with Crippen molar-refractivity contribution in [2.24, 2.45) is 0 Å². The second-order valence-corrected chi connectivity index (χ2v) is 4.56. The first kappa shape index (κ1) is 16.4. The first-order valence-electron chi connectivity index (χ1n) is 3.68. The lowest BCUT2D eigenvalue weighted by atomic mass is 10.9. The molecule has 0 aliphatic heterocycles. The molecule has 8 heteroatoms. The van der Waals surface area contributed by atoms with Gasteiger partial charge in [-0.15, -0.1) is 0 Å². The largest absolute Gasteiger partial charge is 0.504 e. The topological polar surface area (TPSA) is 76.0 Å². The minimum Gasteiger partial charge on any atom is -0.504 e. The van der Waals surface area contributed by atoms with Crippen molar-refractivity contribution < 1.29 is 23.8 Å². The summed E-state index contributed by atoms with van der Waals surface area (Å²) in [5.41, 5.74) is 0.583. The van der Waals surface area contributed by atoms with Crippen molar-refractivity contribution in [1.29, 1.82) is 0 Å². The highest BCUT2D eigenvalue weighted by Gasteiger charge is 2.29. The Balaban J connectivity index is 0. The third kappa shape index (κ3) is 7.34. The van der Waals surface area contributed by atoms with Crippen LogP contribution in [0.5, 0.6) is 0 Å². The Bertz CT molecular complexity index is 210. The summed E-state index contributed by atoms with van der Waals surface area (Å²) in [6, 6.07) is 0. The molecule has 2 N–H and O–H groups in total. The SMILES string of the molecule is CCOP(=O)(OCC)C(O)=S.OC=S. The van der Waals surface area contributed by atoms with Crippen molar-refractivity contribution in [3.05, 3.63) is 0 Å². The van der Waals surface area contributed by atoms with Gasteiger partial charge in [-0.2, -0.15) is 0 Å². The van der Waals surface area contributed by atoms with Gasteiger partial charge in [0, 0.05) is 0 Å². The fourth-order valence-corrected chi connectivity index (χ4v) is 1.78. The maximum atomic E-state index is 11.3. The first-order valence-corrected chi connectivity index (χ1v) is 6.11. The summed E-state index contributed by atoms with van der Waals surface area (Å²) in [4.78, 5) is -0.707. The van der Waals surface area contributed by atoms with Crippen LogP contribution in [0.2, 0.25) is 0 Å². The Morgan fingerprint density at radius 3 is 1.86 bits per heavy atom. The maximum absolute atomic E-state index is 11.3. The van der Waals surface area contributed by atoms with Crippen molar-refractivity contribution in [2.75, 3.05) is 13.2 Å². The predicted molar refractivity (Wildman–Crippen MR) is 62.4 cm³/mol. The van der Waals surface area contributed by atoms with E-state index in [0.29, 0.717) is 5.55 Å². The highest BCUT2D eigenvalue weighted by Crippen LogP contribution is 2.48. The molecule has 0 bridgehead atoms. The van der Waals surface area contributed by atoms with Gasteiger partial charge in [-0.1, -0.05) is 0 Å². The highest BCUT2D eigenvalue weighted by molar-refractivity contribution is 7.97. The van der Waals surface area contributed by atoms with E-state index in [1.165, 1.54) is 0 Å². The predicted octanol–water partition coefficient (Wildman–Crippen LogP) is 2.60. The van der Waals surface area contributed by atoms with Gasteiger partial charge in [0.05, 0.1) is 13.2 Å². The van der Waals surface area contributed by atoms with Crippen LogP contribution in [0.3, 0.4) is 0 Å². The Morgan fingerprint density at radius 2 is 1.71 bits per heavy atom. The molecule has 0 radical (unpaired) electrons. The van der Waals surface area contributed by atoms with Gasteiger partial charge in [-0.3, -0.25) is 4.57 Å². The van der Waals surface area contributed by atoms with Crippen LogP contribution < -0.4 is 0 Å². The van der Waals surface area contributed by atoms with Crippen LogP contribution in [0.25, 0.3) is 0 Å². The van der Waals surface area contributed by atoms with Gasteiger partial charge in [0.15, 0.2) is 0 Å². The van der Waals surface area contributed by atoms with E-state index in [1.807, 2.05) is 0 Å². The minimum atomic E-state index is -3.50. The summed E-state index contributed by atoms with van der Waals surface area (Å²) in [5.74, 6) is 0. The molecule has 0 fully saturated rings. The van der Waals surface area contributed by atoms with E-state index < -0.39 is 12.4 Å². The fraction of sp³-hybridized carbons (Fsp3) is 0.667. The molecule has 0 saturated heterocycles. The average Bonchev–Trinajstić information content (AvgIpc) is 2.06.